The van der Waals surface area contributed by atoms with Crippen LogP contribution in [0.2, 0.25) is 0 Å². The minimum atomic E-state index is -1.28. The Kier molecular flexibility index (Phi) is 1.90. The molecule has 14 heavy (non-hydrogen) atoms. The lowest BCUT2D eigenvalue weighted by atomic mass is 10.2. The fourth-order valence-electron chi connectivity index (χ4n) is 1.18. The molecule has 0 aromatic heterocycles. The molecule has 0 aromatic carbocycles. The molecule has 0 spiro atoms. The van der Waals surface area contributed by atoms with Crippen molar-refractivity contribution >= 4 is 17.5 Å². The number of nitrogens with zero attached hydrogens (tertiary/aromatic N) is 3. The zero-order chi connectivity index (χ0) is 10.1. The Labute approximate surface area is 79.2 Å². The molecule has 0 saturated heterocycles. The van der Waals surface area contributed by atoms with Gasteiger partial charge < -0.3 is 10.2 Å². The van der Waals surface area contributed by atoms with Gasteiger partial charge in [0.1, 0.15) is 0 Å². The molecule has 0 aliphatic carbocycles. The summed E-state index contributed by atoms with van der Waals surface area (Å²) in [5.41, 5.74) is -0.381. The first-order valence-electron chi connectivity index (χ1n) is 3.90. The van der Waals surface area contributed by atoms with Crippen LogP contribution >= 0.6 is 0 Å². The summed E-state index contributed by atoms with van der Waals surface area (Å²) in [5.74, 6) is -0.853. The van der Waals surface area contributed by atoms with Crippen LogP contribution in [-0.2, 0) is 4.79 Å². The number of aliphatic carboxylic acids is 1. The molecule has 72 valence electrons. The topological polar surface area (TPSA) is 85.5 Å². The van der Waals surface area contributed by atoms with Gasteiger partial charge in [0.25, 0.3) is 0 Å². The number of aliphatic hydroxyl groups is 1. The zero-order valence-electron chi connectivity index (χ0n) is 7.03. The van der Waals surface area contributed by atoms with E-state index < -0.39 is 12.2 Å². The SMILES string of the molecule is O=C(O)C1=NN=C2C=CC=CN2[C@H]1O. The monoisotopic (exact) mass is 193 g/mol. The molecular formula is C8H7N3O3. The van der Waals surface area contributed by atoms with Crippen molar-refractivity contribution in [1.82, 2.24) is 4.90 Å². The zero-order valence-corrected chi connectivity index (χ0v) is 7.03. The minimum Gasteiger partial charge on any atom is -0.477 e. The van der Waals surface area contributed by atoms with Gasteiger partial charge in [-0.25, -0.2) is 4.79 Å². The number of allylic oxidation sites excluding steroid dienone is 2. The van der Waals surface area contributed by atoms with Gasteiger partial charge in [-0.2, -0.15) is 0 Å². The molecule has 2 N–H and O–H groups in total. The van der Waals surface area contributed by atoms with Crippen LogP contribution < -0.4 is 0 Å². The molecule has 2 heterocycles. The standard InChI is InChI=1S/C8H7N3O3/c12-7-6(8(13)14)10-9-5-3-1-2-4-11(5)7/h1-4,7,12H,(H,13,14)/t7-/m0/s1. The van der Waals surface area contributed by atoms with Crippen molar-refractivity contribution < 1.29 is 15.0 Å². The average molecular weight is 193 g/mol. The summed E-state index contributed by atoms with van der Waals surface area (Å²) in [6, 6.07) is 0. The molecule has 2 aliphatic heterocycles. The second-order valence-electron chi connectivity index (χ2n) is 2.73. The number of carbonyl (C=O) groups is 1. The Bertz CT molecular complexity index is 395. The number of carboxylic acids is 1. The summed E-state index contributed by atoms with van der Waals surface area (Å²) in [5, 5.41) is 25.3. The van der Waals surface area contributed by atoms with E-state index in [4.69, 9.17) is 5.11 Å². The van der Waals surface area contributed by atoms with Gasteiger partial charge in [-0.15, -0.1) is 10.2 Å². The smallest absolute Gasteiger partial charge is 0.356 e. The highest BCUT2D eigenvalue weighted by Gasteiger charge is 2.30. The molecule has 2 aliphatic rings. The second-order valence-corrected chi connectivity index (χ2v) is 2.73. The molecular weight excluding hydrogens is 186 g/mol. The van der Waals surface area contributed by atoms with Crippen LogP contribution in [0.5, 0.6) is 0 Å². The van der Waals surface area contributed by atoms with Gasteiger partial charge in [0.15, 0.2) is 17.8 Å². The van der Waals surface area contributed by atoms with E-state index in [2.05, 4.69) is 10.2 Å². The maximum atomic E-state index is 10.6. The van der Waals surface area contributed by atoms with Crippen molar-refractivity contribution in [2.45, 2.75) is 6.23 Å². The van der Waals surface area contributed by atoms with Crippen LogP contribution in [0.3, 0.4) is 0 Å². The van der Waals surface area contributed by atoms with Crippen molar-refractivity contribution in [2.24, 2.45) is 10.2 Å². The Morgan fingerprint density at radius 3 is 2.93 bits per heavy atom. The lowest BCUT2D eigenvalue weighted by Crippen LogP contribution is -2.46. The minimum absolute atomic E-state index is 0.381. The van der Waals surface area contributed by atoms with Crippen molar-refractivity contribution in [3.63, 3.8) is 0 Å². The van der Waals surface area contributed by atoms with E-state index in [1.807, 2.05) is 0 Å². The van der Waals surface area contributed by atoms with Crippen LogP contribution in [0.1, 0.15) is 0 Å². The van der Waals surface area contributed by atoms with E-state index in [0.717, 1.165) is 0 Å². The number of hydrogen-bond acceptors (Lipinski definition) is 5. The first-order chi connectivity index (χ1) is 6.70. The Hall–Kier alpha value is -1.95. The Morgan fingerprint density at radius 2 is 2.21 bits per heavy atom. The number of carboxylic acid groups (broad SMARTS) is 1. The summed E-state index contributed by atoms with van der Waals surface area (Å²) in [4.78, 5) is 11.9. The fourth-order valence-corrected chi connectivity index (χ4v) is 1.18. The summed E-state index contributed by atoms with van der Waals surface area (Å²) < 4.78 is 0. The predicted molar refractivity (Wildman–Crippen MR) is 48.6 cm³/mol. The van der Waals surface area contributed by atoms with E-state index in [1.54, 1.807) is 24.4 Å². The largest absolute Gasteiger partial charge is 0.477 e. The molecule has 2 rings (SSSR count). The highest BCUT2D eigenvalue weighted by Crippen LogP contribution is 2.12. The van der Waals surface area contributed by atoms with Gasteiger partial charge in [0.2, 0.25) is 0 Å². The first-order valence-corrected chi connectivity index (χ1v) is 3.90. The summed E-state index contributed by atoms with van der Waals surface area (Å²) >= 11 is 0. The van der Waals surface area contributed by atoms with Crippen LogP contribution in [-0.4, -0.2) is 38.9 Å². The van der Waals surface area contributed by atoms with Gasteiger partial charge in [-0.1, -0.05) is 6.08 Å². The predicted octanol–water partition coefficient (Wildman–Crippen LogP) is -0.457. The molecule has 6 nitrogen and oxygen atoms in total. The third-order valence-electron chi connectivity index (χ3n) is 1.85. The normalized spacial score (nSPS) is 24.1. The number of aliphatic hydroxyl groups excluding tert-OH is 1. The molecule has 0 bridgehead atoms. The molecule has 0 fully saturated rings. The third kappa shape index (κ3) is 1.21. The van der Waals surface area contributed by atoms with Crippen LogP contribution in [0, 0.1) is 0 Å². The van der Waals surface area contributed by atoms with Gasteiger partial charge in [-0.05, 0) is 12.2 Å². The average Bonchev–Trinajstić information content (AvgIpc) is 2.18. The third-order valence-corrected chi connectivity index (χ3v) is 1.85. The molecule has 0 amide bonds. The van der Waals surface area contributed by atoms with E-state index in [-0.39, 0.29) is 5.71 Å². The molecule has 0 aromatic rings. The van der Waals surface area contributed by atoms with Crippen LogP contribution in [0.4, 0.5) is 0 Å². The lowest BCUT2D eigenvalue weighted by Gasteiger charge is -2.28. The van der Waals surface area contributed by atoms with E-state index >= 15 is 0 Å². The van der Waals surface area contributed by atoms with E-state index in [0.29, 0.717) is 5.84 Å². The Morgan fingerprint density at radius 1 is 1.43 bits per heavy atom. The second kappa shape index (κ2) is 3.08. The summed E-state index contributed by atoms with van der Waals surface area (Å²) in [6.45, 7) is 0. The first kappa shape index (κ1) is 8.64. The number of fused-ring (bicyclic) bond motifs is 1. The Balaban J connectivity index is 2.39. The van der Waals surface area contributed by atoms with E-state index in [1.165, 1.54) is 4.90 Å². The summed E-state index contributed by atoms with van der Waals surface area (Å²) in [7, 11) is 0. The maximum Gasteiger partial charge on any atom is 0.356 e. The van der Waals surface area contributed by atoms with Gasteiger partial charge in [0, 0.05) is 6.20 Å². The molecule has 1 atom stereocenters. The van der Waals surface area contributed by atoms with Gasteiger partial charge in [0.05, 0.1) is 0 Å². The molecule has 0 saturated carbocycles. The summed E-state index contributed by atoms with van der Waals surface area (Å²) in [6.07, 6.45) is 5.30. The number of hydrogen-bond donors (Lipinski definition) is 2. The maximum absolute atomic E-state index is 10.6. The van der Waals surface area contributed by atoms with Gasteiger partial charge >= 0.3 is 5.97 Å². The number of amidine groups is 1. The molecule has 0 radical (unpaired) electrons. The van der Waals surface area contributed by atoms with Gasteiger partial charge in [-0.3, -0.25) is 4.90 Å². The van der Waals surface area contributed by atoms with E-state index in [9.17, 15) is 9.90 Å². The highest BCUT2D eigenvalue weighted by atomic mass is 16.4. The highest BCUT2D eigenvalue weighted by molar-refractivity contribution is 6.38. The fraction of sp³-hybridized carbons (Fsp3) is 0.125. The molecule has 6 heteroatoms. The van der Waals surface area contributed by atoms with Crippen molar-refractivity contribution in [2.75, 3.05) is 0 Å². The van der Waals surface area contributed by atoms with Crippen molar-refractivity contribution in [1.29, 1.82) is 0 Å². The van der Waals surface area contributed by atoms with Crippen LogP contribution in [0.25, 0.3) is 0 Å². The van der Waals surface area contributed by atoms with Crippen LogP contribution in [0.15, 0.2) is 34.6 Å². The van der Waals surface area contributed by atoms with Crippen molar-refractivity contribution in [3.05, 3.63) is 24.4 Å². The number of rotatable bonds is 1. The molecule has 0 unspecified atom stereocenters. The van der Waals surface area contributed by atoms with Crippen molar-refractivity contribution in [3.8, 4) is 0 Å². The lowest BCUT2D eigenvalue weighted by molar-refractivity contribution is -0.130. The quantitative estimate of drug-likeness (QED) is 0.590.